The summed E-state index contributed by atoms with van der Waals surface area (Å²) in [4.78, 5) is 19.9. The van der Waals surface area contributed by atoms with Gasteiger partial charge in [-0.1, -0.05) is 42.3 Å². The van der Waals surface area contributed by atoms with Crippen LogP contribution in [0, 0.1) is 0 Å². The lowest BCUT2D eigenvalue weighted by Crippen LogP contribution is -2.55. The van der Waals surface area contributed by atoms with E-state index in [1.807, 2.05) is 4.90 Å². The molecule has 2 atom stereocenters. The lowest BCUT2D eigenvalue weighted by atomic mass is 10.0. The third kappa shape index (κ3) is 4.23. The van der Waals surface area contributed by atoms with Crippen molar-refractivity contribution in [2.75, 3.05) is 41.8 Å². The molecule has 0 aromatic heterocycles. The van der Waals surface area contributed by atoms with Crippen molar-refractivity contribution in [2.45, 2.75) is 45.7 Å². The van der Waals surface area contributed by atoms with Gasteiger partial charge >= 0.3 is 6.03 Å². The van der Waals surface area contributed by atoms with E-state index in [4.69, 9.17) is 23.2 Å². The van der Waals surface area contributed by atoms with Gasteiger partial charge in [0.1, 0.15) is 0 Å². The second-order valence-corrected chi connectivity index (χ2v) is 9.45. The van der Waals surface area contributed by atoms with Gasteiger partial charge in [-0.15, -0.1) is 0 Å². The first kappa shape index (κ1) is 22.3. The van der Waals surface area contributed by atoms with E-state index in [-0.39, 0.29) is 6.03 Å². The minimum atomic E-state index is -0.182. The maximum atomic E-state index is 13.1. The highest BCUT2D eigenvalue weighted by Gasteiger charge is 2.31. The Morgan fingerprint density at radius 2 is 1.84 bits per heavy atom. The number of anilines is 3. The molecule has 1 N–H and O–H groups in total. The molecule has 5 nitrogen and oxygen atoms in total. The van der Waals surface area contributed by atoms with Crippen molar-refractivity contribution < 1.29 is 4.79 Å². The molecule has 7 heteroatoms. The summed E-state index contributed by atoms with van der Waals surface area (Å²) in [5.41, 5.74) is 5.33. The van der Waals surface area contributed by atoms with E-state index in [9.17, 15) is 4.79 Å². The zero-order chi connectivity index (χ0) is 22.3. The summed E-state index contributed by atoms with van der Waals surface area (Å²) in [5.74, 6) is 0. The molecule has 0 radical (unpaired) electrons. The SMILES string of the molecule is CCc1cc2c(cc1N1C[C@@H](C)N(C)[C@@H](C)C1)N(C(=O)Nc1cccc(Cl)c1Cl)CC2. The van der Waals surface area contributed by atoms with E-state index in [2.05, 4.69) is 55.1 Å². The topological polar surface area (TPSA) is 38.8 Å². The third-order valence-corrected chi connectivity index (χ3v) is 7.51. The van der Waals surface area contributed by atoms with Gasteiger partial charge in [-0.25, -0.2) is 4.79 Å². The molecule has 4 rings (SSSR count). The number of benzene rings is 2. The standard InChI is InChI=1S/C24H30Cl2N4O/c1-5-17-11-18-9-10-30(24(31)27-20-8-6-7-19(25)23(20)26)22(18)12-21(17)29-13-15(2)28(4)16(3)14-29/h6-8,11-12,15-16H,5,9-10,13-14H2,1-4H3,(H,27,31)/t15-,16+. The van der Waals surface area contributed by atoms with Crippen molar-refractivity contribution in [3.8, 4) is 0 Å². The maximum absolute atomic E-state index is 13.1. The van der Waals surface area contributed by atoms with E-state index >= 15 is 0 Å². The average molecular weight is 461 g/mol. The van der Waals surface area contributed by atoms with E-state index in [0.29, 0.717) is 34.4 Å². The van der Waals surface area contributed by atoms with Crippen LogP contribution in [-0.4, -0.2) is 49.7 Å². The summed E-state index contributed by atoms with van der Waals surface area (Å²) in [6.45, 7) is 9.37. The molecule has 2 aliphatic heterocycles. The fourth-order valence-electron chi connectivity index (χ4n) is 4.65. The lowest BCUT2D eigenvalue weighted by Gasteiger charge is -2.44. The molecule has 0 bridgehead atoms. The number of rotatable bonds is 3. The first-order valence-electron chi connectivity index (χ1n) is 10.9. The lowest BCUT2D eigenvalue weighted by molar-refractivity contribution is 0.170. The number of fused-ring (bicyclic) bond motifs is 1. The Morgan fingerprint density at radius 1 is 1.13 bits per heavy atom. The quantitative estimate of drug-likeness (QED) is 0.639. The minimum Gasteiger partial charge on any atom is -0.368 e. The number of hydrogen-bond acceptors (Lipinski definition) is 3. The van der Waals surface area contributed by atoms with Crippen LogP contribution in [0.2, 0.25) is 10.0 Å². The molecular formula is C24H30Cl2N4O. The van der Waals surface area contributed by atoms with Crippen LogP contribution in [0.5, 0.6) is 0 Å². The molecule has 31 heavy (non-hydrogen) atoms. The smallest absolute Gasteiger partial charge is 0.326 e. The highest BCUT2D eigenvalue weighted by atomic mass is 35.5. The zero-order valence-electron chi connectivity index (χ0n) is 18.6. The molecule has 0 saturated carbocycles. The van der Waals surface area contributed by atoms with Gasteiger partial charge < -0.3 is 10.2 Å². The van der Waals surface area contributed by atoms with Crippen LogP contribution in [0.15, 0.2) is 30.3 Å². The van der Waals surface area contributed by atoms with Crippen molar-refractivity contribution in [3.63, 3.8) is 0 Å². The molecule has 166 valence electrons. The highest BCUT2D eigenvalue weighted by molar-refractivity contribution is 6.44. The van der Waals surface area contributed by atoms with Crippen molar-refractivity contribution >= 4 is 46.3 Å². The number of halogens is 2. The minimum absolute atomic E-state index is 0.182. The Bertz CT molecular complexity index is 984. The first-order valence-corrected chi connectivity index (χ1v) is 11.7. The highest BCUT2D eigenvalue weighted by Crippen LogP contribution is 2.37. The number of amides is 2. The number of urea groups is 1. The van der Waals surface area contributed by atoms with Gasteiger partial charge in [-0.3, -0.25) is 9.80 Å². The molecule has 2 aliphatic rings. The van der Waals surface area contributed by atoms with Gasteiger partial charge in [0.15, 0.2) is 0 Å². The first-order chi connectivity index (χ1) is 14.8. The Kier molecular flexibility index (Phi) is 6.38. The maximum Gasteiger partial charge on any atom is 0.326 e. The molecule has 0 aliphatic carbocycles. The van der Waals surface area contributed by atoms with Crippen molar-refractivity contribution in [1.29, 1.82) is 0 Å². The number of carbonyl (C=O) groups excluding carboxylic acids is 1. The summed E-state index contributed by atoms with van der Waals surface area (Å²) >= 11 is 12.4. The fraction of sp³-hybridized carbons (Fsp3) is 0.458. The van der Waals surface area contributed by atoms with E-state index < -0.39 is 0 Å². The number of nitrogens with one attached hydrogen (secondary N) is 1. The number of piperazine rings is 1. The molecular weight excluding hydrogens is 431 g/mol. The average Bonchev–Trinajstić information content (AvgIpc) is 3.17. The molecule has 2 amide bonds. The number of nitrogens with zero attached hydrogens (tertiary/aromatic N) is 3. The van der Waals surface area contributed by atoms with Gasteiger partial charge in [-0.05, 0) is 63.1 Å². The molecule has 2 heterocycles. The third-order valence-electron chi connectivity index (χ3n) is 6.70. The Balaban J connectivity index is 1.63. The predicted molar refractivity (Wildman–Crippen MR) is 131 cm³/mol. The van der Waals surface area contributed by atoms with Crippen LogP contribution in [0.4, 0.5) is 21.9 Å². The molecule has 1 saturated heterocycles. The van der Waals surface area contributed by atoms with Crippen LogP contribution in [0.25, 0.3) is 0 Å². The van der Waals surface area contributed by atoms with Crippen LogP contribution in [0.3, 0.4) is 0 Å². The monoisotopic (exact) mass is 460 g/mol. The Morgan fingerprint density at radius 3 is 2.52 bits per heavy atom. The molecule has 0 unspecified atom stereocenters. The fourth-order valence-corrected chi connectivity index (χ4v) is 5.00. The van der Waals surface area contributed by atoms with Crippen molar-refractivity contribution in [2.24, 2.45) is 0 Å². The van der Waals surface area contributed by atoms with Crippen LogP contribution >= 0.6 is 23.2 Å². The number of likely N-dealkylation sites (N-methyl/N-ethyl adjacent to an activating group) is 1. The zero-order valence-corrected chi connectivity index (χ0v) is 20.1. The molecule has 1 fully saturated rings. The van der Waals surface area contributed by atoms with Crippen molar-refractivity contribution in [1.82, 2.24) is 4.90 Å². The normalized spacial score (nSPS) is 21.4. The van der Waals surface area contributed by atoms with Gasteiger partial charge in [0.05, 0.1) is 21.4 Å². The van der Waals surface area contributed by atoms with E-state index in [1.54, 1.807) is 18.2 Å². The van der Waals surface area contributed by atoms with E-state index in [0.717, 1.165) is 31.6 Å². The van der Waals surface area contributed by atoms with Gasteiger partial charge in [0.25, 0.3) is 0 Å². The Labute approximate surface area is 194 Å². The molecule has 2 aromatic rings. The number of hydrogen-bond donors (Lipinski definition) is 1. The summed E-state index contributed by atoms with van der Waals surface area (Å²) < 4.78 is 0. The largest absolute Gasteiger partial charge is 0.368 e. The number of carbonyl (C=O) groups is 1. The summed E-state index contributed by atoms with van der Waals surface area (Å²) in [6.07, 6.45) is 1.83. The van der Waals surface area contributed by atoms with Crippen LogP contribution in [-0.2, 0) is 12.8 Å². The molecule has 0 spiro atoms. The number of aryl methyl sites for hydroxylation is 1. The summed E-state index contributed by atoms with van der Waals surface area (Å²) in [7, 11) is 2.20. The van der Waals surface area contributed by atoms with E-state index in [1.165, 1.54) is 16.8 Å². The van der Waals surface area contributed by atoms with Crippen LogP contribution in [0.1, 0.15) is 31.9 Å². The Hall–Kier alpha value is -1.95. The van der Waals surface area contributed by atoms with Gasteiger partial charge in [0, 0.05) is 37.4 Å². The van der Waals surface area contributed by atoms with Crippen molar-refractivity contribution in [3.05, 3.63) is 51.5 Å². The summed E-state index contributed by atoms with van der Waals surface area (Å²) in [6, 6.07) is 10.5. The second-order valence-electron chi connectivity index (χ2n) is 8.66. The van der Waals surface area contributed by atoms with Crippen LogP contribution < -0.4 is 15.1 Å². The summed E-state index contributed by atoms with van der Waals surface area (Å²) in [5, 5.41) is 3.72. The molecule has 2 aromatic carbocycles. The predicted octanol–water partition coefficient (Wildman–Crippen LogP) is 5.68. The van der Waals surface area contributed by atoms with Gasteiger partial charge in [0.2, 0.25) is 0 Å². The van der Waals surface area contributed by atoms with Gasteiger partial charge in [-0.2, -0.15) is 0 Å². The second kappa shape index (κ2) is 8.89.